The highest BCUT2D eigenvalue weighted by Crippen LogP contribution is 2.27. The number of phenols is 1. The largest absolute Gasteiger partial charge is 0.504 e. The van der Waals surface area contributed by atoms with Gasteiger partial charge in [0.05, 0.1) is 19.3 Å². The number of hydrogen-bond donors (Lipinski definition) is 1. The van der Waals surface area contributed by atoms with Crippen molar-refractivity contribution in [3.8, 4) is 11.5 Å². The zero-order chi connectivity index (χ0) is 19.0. The van der Waals surface area contributed by atoms with Crippen molar-refractivity contribution in [3.63, 3.8) is 0 Å². The minimum Gasteiger partial charge on any atom is -0.504 e. The van der Waals surface area contributed by atoms with E-state index in [1.54, 1.807) is 12.1 Å². The summed E-state index contributed by atoms with van der Waals surface area (Å²) in [6.45, 7) is 2.84. The monoisotopic (exact) mass is 364 g/mol. The zero-order valence-electron chi connectivity index (χ0n) is 16.6. The molecule has 1 N–H and O–H groups in total. The Morgan fingerprint density at radius 2 is 1.42 bits per heavy atom. The van der Waals surface area contributed by atoms with E-state index < -0.39 is 5.97 Å². The molecule has 4 heteroatoms. The van der Waals surface area contributed by atoms with Gasteiger partial charge >= 0.3 is 5.97 Å². The second-order valence-electron chi connectivity index (χ2n) is 6.91. The highest BCUT2D eigenvalue weighted by atomic mass is 16.5. The summed E-state index contributed by atoms with van der Waals surface area (Å²) >= 11 is 0. The van der Waals surface area contributed by atoms with Crippen molar-refractivity contribution in [2.24, 2.45) is 0 Å². The molecule has 0 spiro atoms. The molecule has 0 aliphatic rings. The summed E-state index contributed by atoms with van der Waals surface area (Å²) in [5.41, 5.74) is 0.322. The van der Waals surface area contributed by atoms with E-state index in [2.05, 4.69) is 11.7 Å². The first-order valence-corrected chi connectivity index (χ1v) is 10.2. The van der Waals surface area contributed by atoms with Gasteiger partial charge in [-0.25, -0.2) is 4.79 Å². The second kappa shape index (κ2) is 14.5. The molecule has 26 heavy (non-hydrogen) atoms. The Bertz CT molecular complexity index is 499. The lowest BCUT2D eigenvalue weighted by Crippen LogP contribution is -2.02. The molecule has 148 valence electrons. The van der Waals surface area contributed by atoms with E-state index in [4.69, 9.17) is 4.74 Å². The van der Waals surface area contributed by atoms with Crippen LogP contribution in [0.4, 0.5) is 0 Å². The number of aromatic hydroxyl groups is 1. The maximum absolute atomic E-state index is 11.4. The van der Waals surface area contributed by atoms with Crippen LogP contribution < -0.4 is 4.74 Å². The molecule has 1 aromatic carbocycles. The van der Waals surface area contributed by atoms with Crippen LogP contribution in [0.1, 0.15) is 94.3 Å². The molecular formula is C22H36O4. The van der Waals surface area contributed by atoms with Crippen molar-refractivity contribution in [2.75, 3.05) is 13.7 Å². The topological polar surface area (TPSA) is 55.8 Å². The van der Waals surface area contributed by atoms with Crippen LogP contribution in [0.5, 0.6) is 11.5 Å². The van der Waals surface area contributed by atoms with E-state index in [1.807, 2.05) is 0 Å². The Hall–Kier alpha value is -1.71. The summed E-state index contributed by atoms with van der Waals surface area (Å²) in [6, 6.07) is 4.59. The van der Waals surface area contributed by atoms with Gasteiger partial charge in [0.1, 0.15) is 0 Å². The third-order valence-electron chi connectivity index (χ3n) is 4.64. The molecule has 0 radical (unpaired) electrons. The van der Waals surface area contributed by atoms with Crippen LogP contribution >= 0.6 is 0 Å². The van der Waals surface area contributed by atoms with Crippen LogP contribution in [0, 0.1) is 0 Å². The van der Waals surface area contributed by atoms with Crippen LogP contribution in [0.2, 0.25) is 0 Å². The predicted molar refractivity (Wildman–Crippen MR) is 106 cm³/mol. The lowest BCUT2D eigenvalue weighted by molar-refractivity contribution is 0.0600. The number of unbranched alkanes of at least 4 members (excludes halogenated alkanes) is 11. The molecule has 1 aromatic rings. The van der Waals surface area contributed by atoms with Gasteiger partial charge < -0.3 is 14.6 Å². The Balaban J connectivity index is 2.00. The van der Waals surface area contributed by atoms with Crippen LogP contribution in [-0.4, -0.2) is 24.8 Å². The average Bonchev–Trinajstić information content (AvgIpc) is 2.65. The van der Waals surface area contributed by atoms with E-state index in [0.29, 0.717) is 17.9 Å². The second-order valence-corrected chi connectivity index (χ2v) is 6.91. The third kappa shape index (κ3) is 9.69. The standard InChI is InChI=1S/C22H36O4/c1-3-4-5-6-7-8-9-10-11-12-13-14-17-26-21-16-15-19(18-20(21)23)22(24)25-2/h15-16,18,23H,3-14,17H2,1-2H3. The molecule has 0 saturated heterocycles. The molecule has 4 nitrogen and oxygen atoms in total. The summed E-state index contributed by atoms with van der Waals surface area (Å²) in [7, 11) is 1.32. The molecule has 0 aromatic heterocycles. The Kier molecular flexibility index (Phi) is 12.4. The fourth-order valence-electron chi connectivity index (χ4n) is 3.01. The number of hydrogen-bond acceptors (Lipinski definition) is 4. The number of methoxy groups -OCH3 is 1. The summed E-state index contributed by atoms with van der Waals surface area (Å²) in [5.74, 6) is -0.0691. The molecular weight excluding hydrogens is 328 g/mol. The first kappa shape index (κ1) is 22.3. The van der Waals surface area contributed by atoms with Gasteiger partial charge in [-0.05, 0) is 24.6 Å². The van der Waals surface area contributed by atoms with E-state index >= 15 is 0 Å². The first-order chi connectivity index (χ1) is 12.7. The number of carbonyl (C=O) groups excluding carboxylic acids is 1. The van der Waals surface area contributed by atoms with Gasteiger partial charge in [0.25, 0.3) is 0 Å². The fraction of sp³-hybridized carbons (Fsp3) is 0.682. The molecule has 0 amide bonds. The fourth-order valence-corrected chi connectivity index (χ4v) is 3.01. The highest BCUT2D eigenvalue weighted by Gasteiger charge is 2.09. The number of benzene rings is 1. The molecule has 0 saturated carbocycles. The third-order valence-corrected chi connectivity index (χ3v) is 4.64. The van der Waals surface area contributed by atoms with E-state index in [9.17, 15) is 9.90 Å². The zero-order valence-corrected chi connectivity index (χ0v) is 16.6. The minimum absolute atomic E-state index is 0.0214. The maximum atomic E-state index is 11.4. The van der Waals surface area contributed by atoms with Gasteiger partial charge in [-0.2, -0.15) is 0 Å². The van der Waals surface area contributed by atoms with Gasteiger partial charge in [0.15, 0.2) is 11.5 Å². The maximum Gasteiger partial charge on any atom is 0.337 e. The van der Waals surface area contributed by atoms with Crippen LogP contribution in [0.3, 0.4) is 0 Å². The highest BCUT2D eigenvalue weighted by molar-refractivity contribution is 5.90. The van der Waals surface area contributed by atoms with Gasteiger partial charge in [-0.15, -0.1) is 0 Å². The molecule has 0 heterocycles. The van der Waals surface area contributed by atoms with Crippen LogP contribution in [0.25, 0.3) is 0 Å². The van der Waals surface area contributed by atoms with Crippen molar-refractivity contribution < 1.29 is 19.4 Å². The Labute approximate surface area is 158 Å². The molecule has 0 bridgehead atoms. The van der Waals surface area contributed by atoms with Crippen LogP contribution in [0.15, 0.2) is 18.2 Å². The van der Waals surface area contributed by atoms with E-state index in [-0.39, 0.29) is 5.75 Å². The minimum atomic E-state index is -0.465. The van der Waals surface area contributed by atoms with Gasteiger partial charge in [-0.1, -0.05) is 77.6 Å². The number of ether oxygens (including phenoxy) is 2. The summed E-state index contributed by atoms with van der Waals surface area (Å²) in [5, 5.41) is 9.89. The number of rotatable bonds is 15. The molecule has 0 unspecified atom stereocenters. The van der Waals surface area contributed by atoms with E-state index in [0.717, 1.165) is 12.8 Å². The lowest BCUT2D eigenvalue weighted by atomic mass is 10.1. The summed E-state index contributed by atoms with van der Waals surface area (Å²) < 4.78 is 10.2. The van der Waals surface area contributed by atoms with Gasteiger partial charge in [-0.3, -0.25) is 0 Å². The lowest BCUT2D eigenvalue weighted by Gasteiger charge is -2.09. The van der Waals surface area contributed by atoms with Gasteiger partial charge in [0, 0.05) is 0 Å². The van der Waals surface area contributed by atoms with Crippen molar-refractivity contribution in [3.05, 3.63) is 23.8 Å². The molecule has 0 aliphatic carbocycles. The van der Waals surface area contributed by atoms with Crippen LogP contribution in [-0.2, 0) is 4.74 Å². The first-order valence-electron chi connectivity index (χ1n) is 10.2. The molecule has 1 rings (SSSR count). The van der Waals surface area contributed by atoms with Gasteiger partial charge in [0.2, 0.25) is 0 Å². The molecule has 0 fully saturated rings. The van der Waals surface area contributed by atoms with Crippen molar-refractivity contribution in [1.82, 2.24) is 0 Å². The Morgan fingerprint density at radius 3 is 1.92 bits per heavy atom. The average molecular weight is 365 g/mol. The predicted octanol–water partition coefficient (Wildman–Crippen LogP) is 6.26. The quantitative estimate of drug-likeness (QED) is 0.295. The summed E-state index contributed by atoms with van der Waals surface area (Å²) in [6.07, 6.45) is 15.7. The SMILES string of the molecule is CCCCCCCCCCCCCCOc1ccc(C(=O)OC)cc1O. The summed E-state index contributed by atoms with van der Waals surface area (Å²) in [4.78, 5) is 11.4. The number of phenolic OH excluding ortho intramolecular Hbond substituents is 1. The molecule has 0 atom stereocenters. The smallest absolute Gasteiger partial charge is 0.337 e. The normalized spacial score (nSPS) is 10.7. The van der Waals surface area contributed by atoms with Crippen molar-refractivity contribution >= 4 is 5.97 Å². The Morgan fingerprint density at radius 1 is 0.885 bits per heavy atom. The number of carbonyl (C=O) groups is 1. The number of esters is 1. The van der Waals surface area contributed by atoms with Crippen molar-refractivity contribution in [1.29, 1.82) is 0 Å². The molecule has 0 aliphatic heterocycles. The van der Waals surface area contributed by atoms with Crippen molar-refractivity contribution in [2.45, 2.75) is 84.0 Å². The van der Waals surface area contributed by atoms with E-state index in [1.165, 1.54) is 77.4 Å².